The highest BCUT2D eigenvalue weighted by Gasteiger charge is 2.39. The van der Waals surface area contributed by atoms with Crippen molar-refractivity contribution in [2.24, 2.45) is 11.8 Å². The zero-order valence-corrected chi connectivity index (χ0v) is 35.7. The van der Waals surface area contributed by atoms with Crippen molar-refractivity contribution in [2.75, 3.05) is 13.2 Å². The lowest BCUT2D eigenvalue weighted by molar-refractivity contribution is -0.161. The van der Waals surface area contributed by atoms with E-state index in [1.807, 2.05) is 18.2 Å². The summed E-state index contributed by atoms with van der Waals surface area (Å²) in [4.78, 5) is 43.1. The topological polar surface area (TPSA) is 180 Å². The van der Waals surface area contributed by atoms with Gasteiger partial charge in [0.15, 0.2) is 6.10 Å². The van der Waals surface area contributed by atoms with Crippen LogP contribution in [-0.2, 0) is 28.2 Å². The third kappa shape index (κ3) is 30.1. The van der Waals surface area contributed by atoms with Gasteiger partial charge in [0.05, 0.1) is 24.9 Å². The molecular formula is C45H75O11P. The van der Waals surface area contributed by atoms with Crippen molar-refractivity contribution in [3.63, 3.8) is 0 Å². The smallest absolute Gasteiger partial charge is 0.462 e. The molecule has 1 aliphatic rings. The summed E-state index contributed by atoms with van der Waals surface area (Å²) < 4.78 is 26.3. The van der Waals surface area contributed by atoms with E-state index in [0.29, 0.717) is 38.5 Å². The van der Waals surface area contributed by atoms with Crippen LogP contribution in [0, 0.1) is 11.8 Å². The number of aliphatic hydroxyl groups is 3. The fourth-order valence-electron chi connectivity index (χ4n) is 6.57. The Kier molecular flexibility index (Phi) is 31.5. The fourth-order valence-corrected chi connectivity index (χ4v) is 6.93. The van der Waals surface area contributed by atoms with E-state index in [2.05, 4.69) is 67.0 Å². The van der Waals surface area contributed by atoms with E-state index in [0.717, 1.165) is 57.8 Å². The van der Waals surface area contributed by atoms with Crippen LogP contribution < -0.4 is 0 Å². The number of unbranched alkanes of at least 4 members (excludes halogenated alkanes) is 8. The maximum Gasteiger partial charge on any atom is 0.469 e. The van der Waals surface area contributed by atoms with Crippen LogP contribution in [0.4, 0.5) is 0 Å². The first kappa shape index (κ1) is 52.4. The van der Waals surface area contributed by atoms with E-state index in [4.69, 9.17) is 19.3 Å². The molecule has 326 valence electrons. The molecular weight excluding hydrogens is 747 g/mol. The molecule has 0 radical (unpaired) electrons. The van der Waals surface area contributed by atoms with Crippen LogP contribution in [0.1, 0.15) is 149 Å². The minimum Gasteiger partial charge on any atom is -0.462 e. The molecule has 0 amide bonds. The van der Waals surface area contributed by atoms with Gasteiger partial charge < -0.3 is 34.6 Å². The van der Waals surface area contributed by atoms with Crippen molar-refractivity contribution in [1.82, 2.24) is 0 Å². The van der Waals surface area contributed by atoms with E-state index in [1.165, 1.54) is 25.7 Å². The zero-order valence-electron chi connectivity index (χ0n) is 34.8. The lowest BCUT2D eigenvalue weighted by Crippen LogP contribution is -2.29. The summed E-state index contributed by atoms with van der Waals surface area (Å²) >= 11 is 0. The predicted molar refractivity (Wildman–Crippen MR) is 227 cm³/mol. The molecule has 0 aliphatic heterocycles. The number of esters is 2. The lowest BCUT2D eigenvalue weighted by atomic mass is 9.88. The number of carbonyl (C=O) groups is 2. The van der Waals surface area contributed by atoms with Crippen molar-refractivity contribution in [1.29, 1.82) is 0 Å². The highest BCUT2D eigenvalue weighted by Crippen LogP contribution is 2.38. The predicted octanol–water partition coefficient (Wildman–Crippen LogP) is 9.45. The number of phosphoric acid groups is 1. The van der Waals surface area contributed by atoms with Crippen molar-refractivity contribution in [2.45, 2.75) is 173 Å². The van der Waals surface area contributed by atoms with E-state index in [-0.39, 0.29) is 24.7 Å². The van der Waals surface area contributed by atoms with Gasteiger partial charge in [-0.1, -0.05) is 138 Å². The van der Waals surface area contributed by atoms with Crippen LogP contribution in [0.3, 0.4) is 0 Å². The fraction of sp³-hybridized carbons (Fsp3) is 0.689. The van der Waals surface area contributed by atoms with Crippen molar-refractivity contribution in [3.8, 4) is 0 Å². The Morgan fingerprint density at radius 1 is 0.684 bits per heavy atom. The van der Waals surface area contributed by atoms with E-state index >= 15 is 0 Å². The number of ether oxygens (including phenoxy) is 2. The molecule has 0 saturated heterocycles. The summed E-state index contributed by atoms with van der Waals surface area (Å²) in [5, 5.41) is 31.3. The van der Waals surface area contributed by atoms with E-state index in [9.17, 15) is 29.5 Å². The molecule has 1 rings (SSSR count). The van der Waals surface area contributed by atoms with Gasteiger partial charge in [-0.15, -0.1) is 0 Å². The Bertz CT molecular complexity index is 1270. The van der Waals surface area contributed by atoms with E-state index in [1.54, 1.807) is 6.08 Å². The Balaban J connectivity index is 2.31. The van der Waals surface area contributed by atoms with Gasteiger partial charge in [0.1, 0.15) is 6.61 Å². The SMILES string of the molecule is CCCCC/C=C\C/C=C\C/C=C\C/C=C\C/C=C\CCC(=O)OC[C@H](COP(=O)(O)O)OC(=O)CCCCCC[C@@H]1[C@@H](/C=C/[C@@H](O)CCCCC)[C@H](O)C[C@@H]1O. The summed E-state index contributed by atoms with van der Waals surface area (Å²) in [6.07, 6.45) is 38.4. The quantitative estimate of drug-likeness (QED) is 0.0181. The first-order valence-corrected chi connectivity index (χ1v) is 23.0. The summed E-state index contributed by atoms with van der Waals surface area (Å²) in [6.45, 7) is 3.31. The molecule has 0 unspecified atom stereocenters. The number of allylic oxidation sites excluding steroid dienone is 10. The Morgan fingerprint density at radius 3 is 1.88 bits per heavy atom. The van der Waals surface area contributed by atoms with Gasteiger partial charge in [-0.05, 0) is 70.1 Å². The second-order valence-electron chi connectivity index (χ2n) is 14.9. The van der Waals surface area contributed by atoms with Gasteiger partial charge >= 0.3 is 19.8 Å². The lowest BCUT2D eigenvalue weighted by Gasteiger charge is -2.21. The molecule has 57 heavy (non-hydrogen) atoms. The van der Waals surface area contributed by atoms with Crippen LogP contribution >= 0.6 is 7.82 Å². The maximum atomic E-state index is 12.5. The number of carbonyl (C=O) groups excluding carboxylic acids is 2. The minimum absolute atomic E-state index is 0.0661. The third-order valence-corrected chi connectivity index (χ3v) is 10.3. The summed E-state index contributed by atoms with van der Waals surface area (Å²) in [5.41, 5.74) is 0. The van der Waals surface area contributed by atoms with Gasteiger partial charge in [-0.2, -0.15) is 0 Å². The number of rotatable bonds is 34. The first-order chi connectivity index (χ1) is 27.5. The number of aliphatic hydroxyl groups excluding tert-OH is 3. The normalized spacial score (nSPS) is 20.3. The second kappa shape index (κ2) is 34.3. The highest BCUT2D eigenvalue weighted by atomic mass is 31.2. The average Bonchev–Trinajstić information content (AvgIpc) is 3.44. The monoisotopic (exact) mass is 823 g/mol. The van der Waals surface area contributed by atoms with E-state index < -0.39 is 57.4 Å². The molecule has 0 bridgehead atoms. The number of hydrogen-bond donors (Lipinski definition) is 5. The van der Waals surface area contributed by atoms with Crippen molar-refractivity contribution < 1.29 is 53.3 Å². The van der Waals surface area contributed by atoms with Crippen LogP contribution in [0.15, 0.2) is 72.9 Å². The van der Waals surface area contributed by atoms with Gasteiger partial charge in [-0.3, -0.25) is 14.1 Å². The molecule has 11 nitrogen and oxygen atoms in total. The van der Waals surface area contributed by atoms with Gasteiger partial charge in [0.2, 0.25) is 0 Å². The Labute approximate surface area is 343 Å². The molecule has 0 spiro atoms. The number of hydrogen-bond acceptors (Lipinski definition) is 9. The maximum absolute atomic E-state index is 12.5. The van der Waals surface area contributed by atoms with Gasteiger partial charge in [0, 0.05) is 25.2 Å². The van der Waals surface area contributed by atoms with Gasteiger partial charge in [-0.25, -0.2) is 4.57 Å². The summed E-state index contributed by atoms with van der Waals surface area (Å²) in [6, 6.07) is 0. The molecule has 12 heteroatoms. The summed E-state index contributed by atoms with van der Waals surface area (Å²) in [7, 11) is -4.84. The second-order valence-corrected chi connectivity index (χ2v) is 16.2. The zero-order chi connectivity index (χ0) is 42.0. The van der Waals surface area contributed by atoms with Crippen LogP contribution in [0.25, 0.3) is 0 Å². The van der Waals surface area contributed by atoms with Crippen LogP contribution in [-0.4, -0.2) is 74.7 Å². The molecule has 0 aromatic carbocycles. The van der Waals surface area contributed by atoms with Gasteiger partial charge in [0.25, 0.3) is 0 Å². The van der Waals surface area contributed by atoms with Crippen molar-refractivity contribution >= 4 is 19.8 Å². The molecule has 0 heterocycles. The number of phosphoric ester groups is 1. The molecule has 0 aromatic heterocycles. The molecule has 1 fully saturated rings. The average molecular weight is 823 g/mol. The molecule has 1 saturated carbocycles. The standard InChI is InChI=1S/C45H75O11P/c1-3-5-7-8-9-10-11-12-13-14-15-16-17-18-19-20-21-22-27-31-44(49)54-36-39(37-55-57(51,52)53)56-45(50)32-28-24-23-26-30-40-41(43(48)35-42(40)47)34-33-38(46)29-25-6-4-2/h9-10,12-13,15-16,18-19,21-22,33-34,38-43,46-48H,3-8,11,14,17,20,23-32,35-37H2,1-2H3,(H2,51,52,53)/b10-9-,13-12-,16-15-,19-18-,22-21-,34-33+/t38-,39+,40+,41+,42-,43+/m0/s1. The third-order valence-electron chi connectivity index (χ3n) is 9.81. The van der Waals surface area contributed by atoms with Crippen LogP contribution in [0.5, 0.6) is 0 Å². The Hall–Kier alpha value is -2.63. The molecule has 6 atom stereocenters. The molecule has 5 N–H and O–H groups in total. The van der Waals surface area contributed by atoms with Crippen LogP contribution in [0.2, 0.25) is 0 Å². The first-order valence-electron chi connectivity index (χ1n) is 21.5. The molecule has 0 aromatic rings. The molecule has 1 aliphatic carbocycles. The summed E-state index contributed by atoms with van der Waals surface area (Å²) in [5.74, 6) is -1.44. The Morgan fingerprint density at radius 2 is 1.26 bits per heavy atom. The minimum atomic E-state index is -4.84. The van der Waals surface area contributed by atoms with Crippen molar-refractivity contribution in [3.05, 3.63) is 72.9 Å². The largest absolute Gasteiger partial charge is 0.469 e. The highest BCUT2D eigenvalue weighted by molar-refractivity contribution is 7.46.